The SMILES string of the molecule is Cc1ccc(C(CN)N2CCCN(C)CC2C)s1. The molecule has 3 nitrogen and oxygen atoms in total. The summed E-state index contributed by atoms with van der Waals surface area (Å²) in [7, 11) is 2.22. The molecule has 2 unspecified atom stereocenters. The maximum atomic E-state index is 6.04. The molecule has 1 aromatic rings. The number of hydrogen-bond acceptors (Lipinski definition) is 4. The lowest BCUT2D eigenvalue weighted by molar-refractivity contribution is 0.148. The fourth-order valence-corrected chi connectivity index (χ4v) is 3.91. The molecule has 2 atom stereocenters. The average molecular weight is 267 g/mol. The van der Waals surface area contributed by atoms with Gasteiger partial charge in [-0.3, -0.25) is 4.90 Å². The van der Waals surface area contributed by atoms with E-state index in [-0.39, 0.29) is 0 Å². The second kappa shape index (κ2) is 6.15. The average Bonchev–Trinajstić information content (AvgIpc) is 2.67. The lowest BCUT2D eigenvalue weighted by atomic mass is 10.1. The third-order valence-corrected chi connectivity index (χ3v) is 4.91. The third-order valence-electron chi connectivity index (χ3n) is 3.81. The van der Waals surface area contributed by atoms with Gasteiger partial charge in [0.2, 0.25) is 0 Å². The molecule has 18 heavy (non-hydrogen) atoms. The molecule has 0 saturated carbocycles. The zero-order chi connectivity index (χ0) is 13.1. The largest absolute Gasteiger partial charge is 0.329 e. The van der Waals surface area contributed by atoms with Crippen LogP contribution in [0.25, 0.3) is 0 Å². The Balaban J connectivity index is 2.15. The van der Waals surface area contributed by atoms with Gasteiger partial charge in [0.15, 0.2) is 0 Å². The molecule has 102 valence electrons. The summed E-state index contributed by atoms with van der Waals surface area (Å²) in [4.78, 5) is 7.82. The molecule has 1 aliphatic heterocycles. The summed E-state index contributed by atoms with van der Waals surface area (Å²) in [6.07, 6.45) is 1.24. The van der Waals surface area contributed by atoms with E-state index in [1.165, 1.54) is 22.7 Å². The van der Waals surface area contributed by atoms with Crippen molar-refractivity contribution >= 4 is 11.3 Å². The number of nitrogens with zero attached hydrogens (tertiary/aromatic N) is 2. The molecule has 1 fully saturated rings. The number of hydrogen-bond donors (Lipinski definition) is 1. The van der Waals surface area contributed by atoms with Gasteiger partial charge >= 0.3 is 0 Å². The second-order valence-corrected chi connectivity index (χ2v) is 6.72. The van der Waals surface area contributed by atoms with Gasteiger partial charge in [0.25, 0.3) is 0 Å². The highest BCUT2D eigenvalue weighted by Gasteiger charge is 2.27. The summed E-state index contributed by atoms with van der Waals surface area (Å²) in [6, 6.07) is 5.43. The van der Waals surface area contributed by atoms with Crippen LogP contribution in [0.3, 0.4) is 0 Å². The Morgan fingerprint density at radius 2 is 2.22 bits per heavy atom. The number of rotatable bonds is 3. The minimum atomic E-state index is 0.394. The van der Waals surface area contributed by atoms with Crippen LogP contribution in [0.2, 0.25) is 0 Å². The van der Waals surface area contributed by atoms with Crippen LogP contribution in [-0.2, 0) is 0 Å². The molecule has 0 aromatic carbocycles. The van der Waals surface area contributed by atoms with E-state index in [4.69, 9.17) is 5.73 Å². The summed E-state index contributed by atoms with van der Waals surface area (Å²) in [5.41, 5.74) is 6.04. The van der Waals surface area contributed by atoms with E-state index in [9.17, 15) is 0 Å². The van der Waals surface area contributed by atoms with Gasteiger partial charge in [-0.25, -0.2) is 0 Å². The summed E-state index contributed by atoms with van der Waals surface area (Å²) in [5, 5.41) is 0. The molecule has 1 aliphatic rings. The van der Waals surface area contributed by atoms with E-state index < -0.39 is 0 Å². The van der Waals surface area contributed by atoms with Crippen molar-refractivity contribution in [1.82, 2.24) is 9.80 Å². The lowest BCUT2D eigenvalue weighted by Crippen LogP contribution is -2.42. The van der Waals surface area contributed by atoms with Gasteiger partial charge in [-0.15, -0.1) is 11.3 Å². The molecule has 2 N–H and O–H groups in total. The van der Waals surface area contributed by atoms with Crippen LogP contribution in [-0.4, -0.2) is 49.1 Å². The van der Waals surface area contributed by atoms with E-state index in [0.29, 0.717) is 18.6 Å². The van der Waals surface area contributed by atoms with Crippen molar-refractivity contribution in [3.05, 3.63) is 21.9 Å². The van der Waals surface area contributed by atoms with Crippen molar-refractivity contribution in [3.8, 4) is 0 Å². The van der Waals surface area contributed by atoms with Crippen LogP contribution < -0.4 is 5.73 Å². The number of nitrogens with two attached hydrogens (primary N) is 1. The summed E-state index contributed by atoms with van der Waals surface area (Å²) in [6.45, 7) is 8.70. The minimum Gasteiger partial charge on any atom is -0.329 e. The Hall–Kier alpha value is -0.420. The molecule has 2 heterocycles. The summed E-state index contributed by atoms with van der Waals surface area (Å²) < 4.78 is 0. The molecule has 4 heteroatoms. The molecule has 2 rings (SSSR count). The summed E-state index contributed by atoms with van der Waals surface area (Å²) in [5.74, 6) is 0. The maximum Gasteiger partial charge on any atom is 0.0567 e. The molecule has 0 aliphatic carbocycles. The van der Waals surface area contributed by atoms with Crippen molar-refractivity contribution < 1.29 is 0 Å². The molecule has 1 aromatic heterocycles. The third kappa shape index (κ3) is 3.12. The Morgan fingerprint density at radius 3 is 2.83 bits per heavy atom. The Kier molecular flexibility index (Phi) is 4.78. The lowest BCUT2D eigenvalue weighted by Gasteiger charge is -2.34. The summed E-state index contributed by atoms with van der Waals surface area (Å²) >= 11 is 1.89. The Bertz CT molecular complexity index is 377. The van der Waals surface area contributed by atoms with E-state index in [0.717, 1.165) is 13.1 Å². The van der Waals surface area contributed by atoms with Gasteiger partial charge in [0.05, 0.1) is 6.04 Å². The van der Waals surface area contributed by atoms with Crippen molar-refractivity contribution in [2.24, 2.45) is 5.73 Å². The first kappa shape index (κ1) is 14.0. The van der Waals surface area contributed by atoms with E-state index in [2.05, 4.69) is 42.8 Å². The normalized spacial score (nSPS) is 25.0. The molecule has 1 saturated heterocycles. The second-order valence-electron chi connectivity index (χ2n) is 5.40. The van der Waals surface area contributed by atoms with Gasteiger partial charge in [-0.1, -0.05) is 0 Å². The monoisotopic (exact) mass is 267 g/mol. The van der Waals surface area contributed by atoms with E-state index in [1.807, 2.05) is 11.3 Å². The minimum absolute atomic E-state index is 0.394. The van der Waals surface area contributed by atoms with Crippen molar-refractivity contribution in [2.45, 2.75) is 32.4 Å². The van der Waals surface area contributed by atoms with E-state index in [1.54, 1.807) is 0 Å². The fraction of sp³-hybridized carbons (Fsp3) is 0.714. The zero-order valence-corrected chi connectivity index (χ0v) is 12.5. The quantitative estimate of drug-likeness (QED) is 0.910. The van der Waals surface area contributed by atoms with Crippen LogP contribution in [0.4, 0.5) is 0 Å². The maximum absolute atomic E-state index is 6.04. The molecule has 0 bridgehead atoms. The smallest absolute Gasteiger partial charge is 0.0567 e. The predicted molar refractivity (Wildman–Crippen MR) is 79.1 cm³/mol. The van der Waals surface area contributed by atoms with Gasteiger partial charge in [0, 0.05) is 35.4 Å². The molecular formula is C14H25N3S. The topological polar surface area (TPSA) is 32.5 Å². The van der Waals surface area contributed by atoms with Crippen molar-refractivity contribution in [2.75, 3.05) is 33.2 Å². The van der Waals surface area contributed by atoms with Gasteiger partial charge in [0.1, 0.15) is 0 Å². The highest BCUT2D eigenvalue weighted by molar-refractivity contribution is 7.12. The molecule has 0 radical (unpaired) electrons. The number of likely N-dealkylation sites (N-methyl/N-ethyl adjacent to an activating group) is 1. The van der Waals surface area contributed by atoms with Gasteiger partial charge in [-0.2, -0.15) is 0 Å². The number of thiophene rings is 1. The molecular weight excluding hydrogens is 242 g/mol. The zero-order valence-electron chi connectivity index (χ0n) is 11.7. The predicted octanol–water partition coefficient (Wildman–Crippen LogP) is 2.08. The highest BCUT2D eigenvalue weighted by Crippen LogP contribution is 2.29. The standard InChI is InChI=1S/C14H25N3S/c1-11-10-16(3)7-4-8-17(11)13(9-15)14-6-5-12(2)18-14/h5-6,11,13H,4,7-10,15H2,1-3H3. The highest BCUT2D eigenvalue weighted by atomic mass is 32.1. The van der Waals surface area contributed by atoms with Gasteiger partial charge in [-0.05, 0) is 46.0 Å². The van der Waals surface area contributed by atoms with Crippen LogP contribution >= 0.6 is 11.3 Å². The van der Waals surface area contributed by atoms with Crippen LogP contribution in [0, 0.1) is 6.92 Å². The van der Waals surface area contributed by atoms with Crippen molar-refractivity contribution in [1.29, 1.82) is 0 Å². The first-order chi connectivity index (χ1) is 8.61. The van der Waals surface area contributed by atoms with E-state index >= 15 is 0 Å². The van der Waals surface area contributed by atoms with Crippen LogP contribution in [0.5, 0.6) is 0 Å². The molecule has 0 spiro atoms. The molecule has 0 amide bonds. The van der Waals surface area contributed by atoms with Crippen LogP contribution in [0.15, 0.2) is 12.1 Å². The fourth-order valence-electron chi connectivity index (χ4n) is 2.90. The van der Waals surface area contributed by atoms with Crippen molar-refractivity contribution in [3.63, 3.8) is 0 Å². The number of aryl methyl sites for hydroxylation is 1. The van der Waals surface area contributed by atoms with Crippen LogP contribution in [0.1, 0.15) is 29.1 Å². The van der Waals surface area contributed by atoms with Gasteiger partial charge < -0.3 is 10.6 Å². The first-order valence-corrected chi connectivity index (χ1v) is 7.64. The Morgan fingerprint density at radius 1 is 1.44 bits per heavy atom. The Labute approximate surface area is 115 Å². The first-order valence-electron chi connectivity index (χ1n) is 6.82.